The minimum atomic E-state index is 0.649. The molecule has 0 heterocycles. The van der Waals surface area contributed by atoms with Gasteiger partial charge in [0, 0.05) is 6.54 Å². The van der Waals surface area contributed by atoms with Gasteiger partial charge in [0.15, 0.2) is 0 Å². The van der Waals surface area contributed by atoms with Gasteiger partial charge in [0.25, 0.3) is 0 Å². The summed E-state index contributed by atoms with van der Waals surface area (Å²) in [6, 6.07) is 8.80. The predicted molar refractivity (Wildman–Crippen MR) is 71.5 cm³/mol. The summed E-state index contributed by atoms with van der Waals surface area (Å²) < 4.78 is 0. The Kier molecular flexibility index (Phi) is 5.69. The summed E-state index contributed by atoms with van der Waals surface area (Å²) in [5, 5.41) is 3.18. The van der Waals surface area contributed by atoms with Crippen LogP contribution >= 0.6 is 0 Å². The molecular weight excluding hydrogens is 194 g/mol. The van der Waals surface area contributed by atoms with Crippen LogP contribution < -0.4 is 5.32 Å². The van der Waals surface area contributed by atoms with Gasteiger partial charge in [-0.1, -0.05) is 51.1 Å². The molecule has 0 amide bonds. The lowest BCUT2D eigenvalue weighted by atomic mass is 9.95. The molecule has 1 aromatic rings. The van der Waals surface area contributed by atoms with E-state index in [1.807, 2.05) is 0 Å². The summed E-state index contributed by atoms with van der Waals surface area (Å²) in [5.74, 6) is 0.649. The molecule has 1 rings (SSSR count). The van der Waals surface area contributed by atoms with E-state index in [2.05, 4.69) is 50.0 Å². The van der Waals surface area contributed by atoms with Crippen LogP contribution in [0.1, 0.15) is 31.4 Å². The molecule has 0 aromatic heterocycles. The van der Waals surface area contributed by atoms with Gasteiger partial charge in [0.05, 0.1) is 0 Å². The van der Waals surface area contributed by atoms with Crippen molar-refractivity contribution in [2.24, 2.45) is 5.92 Å². The number of hydrogen-bond donors (Lipinski definition) is 1. The molecule has 1 unspecified atom stereocenters. The standard InChI is InChI=1S/C15H23N/c1-4-8-14-9-6-7-10-15(14)11-13(3)12-16-5-2/h5-7,9-10,13,16H,2,4,8,11-12H2,1,3H3. The van der Waals surface area contributed by atoms with Gasteiger partial charge in [-0.3, -0.25) is 0 Å². The maximum Gasteiger partial charge on any atom is 0.0170 e. The summed E-state index contributed by atoms with van der Waals surface area (Å²) in [5.41, 5.74) is 3.01. The van der Waals surface area contributed by atoms with Crippen molar-refractivity contribution in [3.05, 3.63) is 48.2 Å². The quantitative estimate of drug-likeness (QED) is 0.736. The fourth-order valence-electron chi connectivity index (χ4n) is 2.00. The second kappa shape index (κ2) is 7.10. The first-order chi connectivity index (χ1) is 7.77. The minimum Gasteiger partial charge on any atom is -0.391 e. The van der Waals surface area contributed by atoms with Gasteiger partial charge >= 0.3 is 0 Å². The summed E-state index contributed by atoms with van der Waals surface area (Å²) in [6.45, 7) is 9.19. The molecule has 1 atom stereocenters. The van der Waals surface area contributed by atoms with E-state index in [-0.39, 0.29) is 0 Å². The van der Waals surface area contributed by atoms with E-state index in [0.717, 1.165) is 13.0 Å². The van der Waals surface area contributed by atoms with Gasteiger partial charge in [0.2, 0.25) is 0 Å². The predicted octanol–water partition coefficient (Wildman–Crippen LogP) is 3.55. The maximum absolute atomic E-state index is 3.68. The average Bonchev–Trinajstić information content (AvgIpc) is 2.29. The van der Waals surface area contributed by atoms with Crippen LogP contribution in [0.15, 0.2) is 37.0 Å². The van der Waals surface area contributed by atoms with Crippen molar-refractivity contribution in [2.45, 2.75) is 33.1 Å². The van der Waals surface area contributed by atoms with E-state index in [9.17, 15) is 0 Å². The van der Waals surface area contributed by atoms with Crippen molar-refractivity contribution in [3.8, 4) is 0 Å². The van der Waals surface area contributed by atoms with Crippen molar-refractivity contribution in [2.75, 3.05) is 6.54 Å². The molecule has 0 aliphatic rings. The van der Waals surface area contributed by atoms with Crippen molar-refractivity contribution in [1.29, 1.82) is 0 Å². The summed E-state index contributed by atoms with van der Waals surface area (Å²) in [4.78, 5) is 0. The monoisotopic (exact) mass is 217 g/mol. The third-order valence-corrected chi connectivity index (χ3v) is 2.82. The molecule has 0 saturated heterocycles. The summed E-state index contributed by atoms with van der Waals surface area (Å²) >= 11 is 0. The third kappa shape index (κ3) is 4.09. The largest absolute Gasteiger partial charge is 0.391 e. The molecule has 1 heteroatoms. The summed E-state index contributed by atoms with van der Waals surface area (Å²) in [7, 11) is 0. The molecule has 16 heavy (non-hydrogen) atoms. The van der Waals surface area contributed by atoms with E-state index >= 15 is 0 Å². The van der Waals surface area contributed by atoms with E-state index in [1.165, 1.54) is 24.0 Å². The van der Waals surface area contributed by atoms with Crippen molar-refractivity contribution in [1.82, 2.24) is 5.32 Å². The number of aryl methyl sites for hydroxylation is 1. The zero-order valence-corrected chi connectivity index (χ0v) is 10.5. The topological polar surface area (TPSA) is 12.0 Å². The van der Waals surface area contributed by atoms with E-state index in [0.29, 0.717) is 5.92 Å². The SMILES string of the molecule is C=CNCC(C)Cc1ccccc1CCC. The van der Waals surface area contributed by atoms with Gasteiger partial charge in [-0.25, -0.2) is 0 Å². The highest BCUT2D eigenvalue weighted by Crippen LogP contribution is 2.15. The Morgan fingerprint density at radius 2 is 2.00 bits per heavy atom. The highest BCUT2D eigenvalue weighted by molar-refractivity contribution is 5.27. The lowest BCUT2D eigenvalue weighted by Crippen LogP contribution is -2.17. The molecular formula is C15H23N. The van der Waals surface area contributed by atoms with Crippen molar-refractivity contribution < 1.29 is 0 Å². The van der Waals surface area contributed by atoms with E-state index < -0.39 is 0 Å². The van der Waals surface area contributed by atoms with Gasteiger partial charge < -0.3 is 5.32 Å². The van der Waals surface area contributed by atoms with Crippen LogP contribution in [0.3, 0.4) is 0 Å². The van der Waals surface area contributed by atoms with Gasteiger partial charge in [-0.2, -0.15) is 0 Å². The second-order valence-corrected chi connectivity index (χ2v) is 4.44. The maximum atomic E-state index is 3.68. The van der Waals surface area contributed by atoms with Crippen LogP contribution in [0.5, 0.6) is 0 Å². The first kappa shape index (κ1) is 12.8. The molecule has 1 nitrogen and oxygen atoms in total. The van der Waals surface area contributed by atoms with Gasteiger partial charge in [-0.15, -0.1) is 0 Å². The number of rotatable bonds is 7. The smallest absolute Gasteiger partial charge is 0.0170 e. The van der Waals surface area contributed by atoms with Crippen LogP contribution in [0.4, 0.5) is 0 Å². The van der Waals surface area contributed by atoms with Crippen LogP contribution in [-0.2, 0) is 12.8 Å². The fourth-order valence-corrected chi connectivity index (χ4v) is 2.00. The van der Waals surface area contributed by atoms with Crippen LogP contribution in [0, 0.1) is 5.92 Å². The first-order valence-electron chi connectivity index (χ1n) is 6.19. The third-order valence-electron chi connectivity index (χ3n) is 2.82. The van der Waals surface area contributed by atoms with Crippen LogP contribution in [0.25, 0.3) is 0 Å². The molecule has 0 aliphatic heterocycles. The molecule has 0 radical (unpaired) electrons. The zero-order valence-electron chi connectivity index (χ0n) is 10.5. The van der Waals surface area contributed by atoms with E-state index in [4.69, 9.17) is 0 Å². The molecule has 1 N–H and O–H groups in total. The Bertz CT molecular complexity index is 317. The summed E-state index contributed by atoms with van der Waals surface area (Å²) in [6.07, 6.45) is 5.33. The Balaban J connectivity index is 2.60. The lowest BCUT2D eigenvalue weighted by Gasteiger charge is -2.14. The van der Waals surface area contributed by atoms with Gasteiger partial charge in [0.1, 0.15) is 0 Å². The average molecular weight is 217 g/mol. The molecule has 0 bridgehead atoms. The Morgan fingerprint density at radius 1 is 1.31 bits per heavy atom. The Morgan fingerprint density at radius 3 is 2.62 bits per heavy atom. The molecule has 0 saturated carbocycles. The minimum absolute atomic E-state index is 0.649. The molecule has 0 aliphatic carbocycles. The number of hydrogen-bond acceptors (Lipinski definition) is 1. The lowest BCUT2D eigenvalue weighted by molar-refractivity contribution is 0.551. The second-order valence-electron chi connectivity index (χ2n) is 4.44. The van der Waals surface area contributed by atoms with E-state index in [1.54, 1.807) is 6.20 Å². The highest BCUT2D eigenvalue weighted by atomic mass is 14.8. The van der Waals surface area contributed by atoms with Crippen molar-refractivity contribution in [3.63, 3.8) is 0 Å². The zero-order chi connectivity index (χ0) is 11.8. The van der Waals surface area contributed by atoms with Gasteiger partial charge in [-0.05, 0) is 36.1 Å². The highest BCUT2D eigenvalue weighted by Gasteiger charge is 2.06. The number of benzene rings is 1. The fraction of sp³-hybridized carbons (Fsp3) is 0.467. The van der Waals surface area contributed by atoms with Crippen LogP contribution in [-0.4, -0.2) is 6.54 Å². The molecule has 1 aromatic carbocycles. The number of nitrogens with one attached hydrogen (secondary N) is 1. The van der Waals surface area contributed by atoms with Crippen molar-refractivity contribution >= 4 is 0 Å². The normalized spacial score (nSPS) is 12.1. The Hall–Kier alpha value is -1.24. The molecule has 0 spiro atoms. The Labute approximate surface area is 99.6 Å². The molecule has 0 fully saturated rings. The van der Waals surface area contributed by atoms with Crippen LogP contribution in [0.2, 0.25) is 0 Å². The molecule has 88 valence electrons. The first-order valence-corrected chi connectivity index (χ1v) is 6.19.